The van der Waals surface area contributed by atoms with Crippen LogP contribution in [0.1, 0.15) is 21.0 Å². The van der Waals surface area contributed by atoms with Gasteiger partial charge in [-0.05, 0) is 34.1 Å². The second-order valence-corrected chi connectivity index (χ2v) is 6.76. The van der Waals surface area contributed by atoms with Gasteiger partial charge in [-0.2, -0.15) is 0 Å². The average molecular weight is 441 g/mol. The number of halogens is 3. The molecule has 1 amide bonds. The smallest absolute Gasteiger partial charge is 0.414 e. The molecule has 1 saturated heterocycles. The van der Waals surface area contributed by atoms with Gasteiger partial charge < -0.3 is 9.72 Å². The highest BCUT2D eigenvalue weighted by Crippen LogP contribution is 2.33. The molecule has 7 nitrogen and oxygen atoms in total. The van der Waals surface area contributed by atoms with Crippen molar-refractivity contribution in [1.29, 1.82) is 0 Å². The standard InChI is InChI=1S/C16H8BrClFN3O4/c17-7-2-1-6(5-8(7)19)15-20-10-11(21-15)14(24)12(9(18)13(10)23)22-3-4-26-16(22)25/h1-2,5H,3-4H2,(H,20,21). The quantitative estimate of drug-likeness (QED) is 0.774. The van der Waals surface area contributed by atoms with Crippen LogP contribution in [0, 0.1) is 5.82 Å². The number of Topliss-reactive ketones (excluding diaryl/α,β-unsaturated/α-hetero) is 2. The molecule has 1 fully saturated rings. The molecule has 2 aromatic rings. The van der Waals surface area contributed by atoms with Crippen molar-refractivity contribution in [3.05, 3.63) is 50.6 Å². The van der Waals surface area contributed by atoms with Crippen LogP contribution in [-0.4, -0.2) is 45.7 Å². The van der Waals surface area contributed by atoms with Crippen LogP contribution in [0.25, 0.3) is 11.4 Å². The van der Waals surface area contributed by atoms with Crippen LogP contribution in [0.5, 0.6) is 0 Å². The highest BCUT2D eigenvalue weighted by atomic mass is 79.9. The molecule has 132 valence electrons. The Hall–Kier alpha value is -2.52. The summed E-state index contributed by atoms with van der Waals surface area (Å²) in [6.45, 7) is 0.193. The fraction of sp³-hybridized carbons (Fsp3) is 0.125. The van der Waals surface area contributed by atoms with E-state index in [1.165, 1.54) is 12.1 Å². The maximum atomic E-state index is 13.8. The van der Waals surface area contributed by atoms with Crippen molar-refractivity contribution in [3.63, 3.8) is 0 Å². The van der Waals surface area contributed by atoms with E-state index in [1.54, 1.807) is 6.07 Å². The van der Waals surface area contributed by atoms with Crippen molar-refractivity contribution >= 4 is 45.2 Å². The molecule has 2 heterocycles. The minimum Gasteiger partial charge on any atom is -0.447 e. The second-order valence-electron chi connectivity index (χ2n) is 5.52. The average Bonchev–Trinajstić information content (AvgIpc) is 3.23. The monoisotopic (exact) mass is 439 g/mol. The fourth-order valence-corrected chi connectivity index (χ4v) is 3.28. The van der Waals surface area contributed by atoms with Crippen molar-refractivity contribution in [2.24, 2.45) is 0 Å². The van der Waals surface area contributed by atoms with Crippen molar-refractivity contribution < 1.29 is 23.5 Å². The van der Waals surface area contributed by atoms with E-state index < -0.39 is 28.5 Å². The molecule has 0 atom stereocenters. The molecule has 1 N–H and O–H groups in total. The van der Waals surface area contributed by atoms with Crippen LogP contribution < -0.4 is 0 Å². The number of hydrogen-bond donors (Lipinski definition) is 1. The number of nitrogens with zero attached hydrogens (tertiary/aromatic N) is 2. The molecule has 0 unspecified atom stereocenters. The lowest BCUT2D eigenvalue weighted by atomic mass is 10.0. The zero-order chi connectivity index (χ0) is 18.6. The molecular weight excluding hydrogens is 433 g/mol. The van der Waals surface area contributed by atoms with Crippen LogP contribution in [0.3, 0.4) is 0 Å². The number of H-pyrrole nitrogens is 1. The number of ketones is 2. The highest BCUT2D eigenvalue weighted by Gasteiger charge is 2.41. The van der Waals surface area contributed by atoms with Gasteiger partial charge in [0.1, 0.15) is 40.4 Å². The molecule has 0 bridgehead atoms. The van der Waals surface area contributed by atoms with Gasteiger partial charge in [0.25, 0.3) is 0 Å². The number of carbonyl (C=O) groups excluding carboxylic acids is 3. The van der Waals surface area contributed by atoms with Crippen molar-refractivity contribution in [1.82, 2.24) is 14.9 Å². The Bertz CT molecular complexity index is 1030. The predicted molar refractivity (Wildman–Crippen MR) is 91.3 cm³/mol. The van der Waals surface area contributed by atoms with Crippen molar-refractivity contribution in [3.8, 4) is 11.4 Å². The van der Waals surface area contributed by atoms with Crippen LogP contribution in [0.15, 0.2) is 33.4 Å². The Kier molecular flexibility index (Phi) is 3.92. The van der Waals surface area contributed by atoms with Gasteiger partial charge in [0, 0.05) is 5.56 Å². The topological polar surface area (TPSA) is 92.4 Å². The Morgan fingerprint density at radius 1 is 1.27 bits per heavy atom. The van der Waals surface area contributed by atoms with E-state index in [2.05, 4.69) is 25.9 Å². The molecule has 10 heteroatoms. The third kappa shape index (κ3) is 2.46. The molecule has 2 aliphatic rings. The number of cyclic esters (lactones) is 1. The Morgan fingerprint density at radius 2 is 2.04 bits per heavy atom. The number of benzene rings is 1. The minimum absolute atomic E-state index is 0.0881. The molecule has 0 spiro atoms. The molecule has 1 aromatic heterocycles. The zero-order valence-corrected chi connectivity index (χ0v) is 15.1. The van der Waals surface area contributed by atoms with E-state index >= 15 is 0 Å². The first-order valence-corrected chi connectivity index (χ1v) is 8.54. The predicted octanol–water partition coefficient (Wildman–Crippen LogP) is 3.26. The summed E-state index contributed by atoms with van der Waals surface area (Å²) in [5.41, 5.74) is -0.187. The molecule has 1 aromatic carbocycles. The molecule has 26 heavy (non-hydrogen) atoms. The Labute approximate surface area is 158 Å². The number of aromatic amines is 1. The van der Waals surface area contributed by atoms with Gasteiger partial charge in [-0.3, -0.25) is 14.5 Å². The molecule has 0 radical (unpaired) electrons. The first-order chi connectivity index (χ1) is 12.4. The molecular formula is C16H8BrClFN3O4. The van der Waals surface area contributed by atoms with Crippen molar-refractivity contribution in [2.75, 3.05) is 13.2 Å². The second kappa shape index (κ2) is 6.03. The van der Waals surface area contributed by atoms with E-state index in [-0.39, 0.29) is 40.5 Å². The zero-order valence-electron chi connectivity index (χ0n) is 12.8. The number of aromatic nitrogens is 2. The van der Waals surface area contributed by atoms with Gasteiger partial charge in [0.15, 0.2) is 0 Å². The van der Waals surface area contributed by atoms with Gasteiger partial charge in [-0.15, -0.1) is 0 Å². The Morgan fingerprint density at radius 3 is 2.69 bits per heavy atom. The van der Waals surface area contributed by atoms with E-state index in [0.717, 1.165) is 4.90 Å². The number of amides is 1. The maximum Gasteiger partial charge on any atom is 0.414 e. The van der Waals surface area contributed by atoms with E-state index in [9.17, 15) is 18.8 Å². The lowest BCUT2D eigenvalue weighted by Gasteiger charge is -2.20. The number of ether oxygens (including phenoxy) is 1. The van der Waals surface area contributed by atoms with Gasteiger partial charge >= 0.3 is 6.09 Å². The number of rotatable bonds is 2. The van der Waals surface area contributed by atoms with E-state index in [4.69, 9.17) is 16.3 Å². The highest BCUT2D eigenvalue weighted by molar-refractivity contribution is 9.10. The molecule has 4 rings (SSSR count). The first kappa shape index (κ1) is 16.9. The number of allylic oxidation sites excluding steroid dienone is 2. The van der Waals surface area contributed by atoms with Gasteiger partial charge in [-0.25, -0.2) is 14.2 Å². The number of carbonyl (C=O) groups is 3. The lowest BCUT2D eigenvalue weighted by molar-refractivity contribution is 0.0948. The molecule has 1 aliphatic carbocycles. The van der Waals surface area contributed by atoms with Crippen LogP contribution in [-0.2, 0) is 4.74 Å². The largest absolute Gasteiger partial charge is 0.447 e. The third-order valence-corrected chi connectivity index (χ3v) is 4.99. The summed E-state index contributed by atoms with van der Waals surface area (Å²) in [5.74, 6) is -1.74. The summed E-state index contributed by atoms with van der Waals surface area (Å²) < 4.78 is 18.8. The van der Waals surface area contributed by atoms with Gasteiger partial charge in [-0.1, -0.05) is 11.6 Å². The lowest BCUT2D eigenvalue weighted by Crippen LogP contribution is -2.34. The summed E-state index contributed by atoms with van der Waals surface area (Å²) in [5, 5.41) is -0.390. The fourth-order valence-electron chi connectivity index (χ4n) is 2.75. The van der Waals surface area contributed by atoms with Gasteiger partial charge in [0.05, 0.1) is 11.0 Å². The molecule has 0 saturated carbocycles. The summed E-state index contributed by atoms with van der Waals surface area (Å²) in [6, 6.07) is 4.25. The van der Waals surface area contributed by atoms with E-state index in [1.807, 2.05) is 0 Å². The number of imidazole rings is 1. The van der Waals surface area contributed by atoms with Crippen molar-refractivity contribution in [2.45, 2.75) is 0 Å². The minimum atomic E-state index is -0.756. The number of hydrogen-bond acceptors (Lipinski definition) is 5. The van der Waals surface area contributed by atoms with Crippen LogP contribution >= 0.6 is 27.5 Å². The summed E-state index contributed by atoms with van der Waals surface area (Å²) in [4.78, 5) is 44.9. The summed E-state index contributed by atoms with van der Waals surface area (Å²) >= 11 is 9.10. The first-order valence-electron chi connectivity index (χ1n) is 7.37. The number of nitrogens with one attached hydrogen (secondary N) is 1. The SMILES string of the molecule is O=C1C(N2CCOC2=O)=C(Cl)C(=O)c2[nH]c(-c3ccc(Br)c(F)c3)nc21. The summed E-state index contributed by atoms with van der Waals surface area (Å²) in [6.07, 6.45) is -0.756. The van der Waals surface area contributed by atoms with Gasteiger partial charge in [0.2, 0.25) is 11.6 Å². The molecule has 1 aliphatic heterocycles. The normalized spacial score (nSPS) is 17.0. The maximum absolute atomic E-state index is 13.8. The van der Waals surface area contributed by atoms with E-state index in [0.29, 0.717) is 5.56 Å². The Balaban J connectivity index is 1.80. The third-order valence-electron chi connectivity index (χ3n) is 3.99. The summed E-state index contributed by atoms with van der Waals surface area (Å²) in [7, 11) is 0. The van der Waals surface area contributed by atoms with Crippen LogP contribution in [0.4, 0.5) is 9.18 Å². The van der Waals surface area contributed by atoms with Crippen LogP contribution in [0.2, 0.25) is 0 Å². The number of fused-ring (bicyclic) bond motifs is 1.